The summed E-state index contributed by atoms with van der Waals surface area (Å²) in [5.74, 6) is 0.133. The normalized spacial score (nSPS) is 12.8. The van der Waals surface area contributed by atoms with E-state index in [4.69, 9.17) is 0 Å². The smallest absolute Gasteiger partial charge is 0.264 e. The van der Waals surface area contributed by atoms with Crippen LogP contribution < -0.4 is 5.56 Å². The van der Waals surface area contributed by atoms with Crippen molar-refractivity contribution >= 4 is 5.78 Å². The molecule has 0 aromatic carbocycles. The molecule has 0 fully saturated rings. The van der Waals surface area contributed by atoms with Crippen LogP contribution in [0.3, 0.4) is 0 Å². The van der Waals surface area contributed by atoms with Crippen LogP contribution in [0.4, 0.5) is 0 Å². The van der Waals surface area contributed by atoms with E-state index in [2.05, 4.69) is 5.10 Å². The Bertz CT molecular complexity index is 376. The monoisotopic (exact) mass is 196 g/mol. The Labute approximate surface area is 82.9 Å². The Hall–Kier alpha value is -1.32. The van der Waals surface area contributed by atoms with Gasteiger partial charge in [0.05, 0.1) is 6.04 Å². The lowest BCUT2D eigenvalue weighted by Crippen LogP contribution is -2.15. The van der Waals surface area contributed by atoms with Gasteiger partial charge in [0.25, 0.3) is 5.56 Å². The predicted octanol–water partition coefficient (Wildman–Crippen LogP) is 1.28. The highest BCUT2D eigenvalue weighted by atomic mass is 16.1. The summed E-state index contributed by atoms with van der Waals surface area (Å²) in [4.78, 5) is 22.0. The maximum atomic E-state index is 11.1. The summed E-state index contributed by atoms with van der Waals surface area (Å²) in [6.07, 6.45) is 1.25. The SMILES string of the molecule is CCc1cc(=O)[nH]n1[C@H](C)CC(C)=O. The number of hydrogen-bond acceptors (Lipinski definition) is 2. The molecule has 0 saturated carbocycles. The Morgan fingerprint density at radius 2 is 2.29 bits per heavy atom. The maximum Gasteiger partial charge on any atom is 0.264 e. The molecule has 0 saturated heterocycles. The van der Waals surface area contributed by atoms with Gasteiger partial charge in [-0.3, -0.25) is 19.4 Å². The van der Waals surface area contributed by atoms with Crippen molar-refractivity contribution in [3.63, 3.8) is 0 Å². The molecule has 1 aromatic rings. The minimum absolute atomic E-state index is 0.0325. The van der Waals surface area contributed by atoms with E-state index in [-0.39, 0.29) is 17.4 Å². The van der Waals surface area contributed by atoms with Crippen LogP contribution >= 0.6 is 0 Å². The number of aryl methyl sites for hydroxylation is 1. The number of aromatic nitrogens is 2. The highest BCUT2D eigenvalue weighted by molar-refractivity contribution is 5.75. The van der Waals surface area contributed by atoms with E-state index < -0.39 is 0 Å². The minimum atomic E-state index is -0.0998. The number of aromatic amines is 1. The molecule has 0 unspecified atom stereocenters. The highest BCUT2D eigenvalue weighted by Gasteiger charge is 2.11. The molecule has 78 valence electrons. The molecule has 0 amide bonds. The van der Waals surface area contributed by atoms with Crippen LogP contribution in [0.2, 0.25) is 0 Å². The molecular weight excluding hydrogens is 180 g/mol. The third-order valence-corrected chi connectivity index (χ3v) is 2.22. The molecule has 14 heavy (non-hydrogen) atoms. The van der Waals surface area contributed by atoms with E-state index in [1.165, 1.54) is 0 Å². The van der Waals surface area contributed by atoms with Gasteiger partial charge in [0, 0.05) is 18.2 Å². The highest BCUT2D eigenvalue weighted by Crippen LogP contribution is 2.11. The zero-order valence-corrected chi connectivity index (χ0v) is 8.83. The summed E-state index contributed by atoms with van der Waals surface area (Å²) in [5, 5.41) is 2.71. The number of rotatable bonds is 4. The molecule has 1 aromatic heterocycles. The van der Waals surface area contributed by atoms with Gasteiger partial charge in [-0.25, -0.2) is 0 Å². The van der Waals surface area contributed by atoms with Crippen molar-refractivity contribution < 1.29 is 4.79 Å². The van der Waals surface area contributed by atoms with E-state index in [9.17, 15) is 9.59 Å². The molecule has 0 aliphatic heterocycles. The van der Waals surface area contributed by atoms with E-state index in [1.807, 2.05) is 13.8 Å². The van der Waals surface area contributed by atoms with Gasteiger partial charge in [-0.2, -0.15) is 0 Å². The molecule has 0 aliphatic rings. The van der Waals surface area contributed by atoms with Gasteiger partial charge in [-0.15, -0.1) is 0 Å². The lowest BCUT2D eigenvalue weighted by Gasteiger charge is -2.14. The number of carbonyl (C=O) groups excluding carboxylic acids is 1. The van der Waals surface area contributed by atoms with Crippen LogP contribution in [0, 0.1) is 0 Å². The second-order valence-corrected chi connectivity index (χ2v) is 3.59. The van der Waals surface area contributed by atoms with Crippen molar-refractivity contribution in [2.24, 2.45) is 0 Å². The number of Topliss-reactive ketones (excluding diaryl/α,β-unsaturated/α-hetero) is 1. The third-order valence-electron chi connectivity index (χ3n) is 2.22. The van der Waals surface area contributed by atoms with Crippen LogP contribution in [0.15, 0.2) is 10.9 Å². The minimum Gasteiger partial charge on any atom is -0.300 e. The second-order valence-electron chi connectivity index (χ2n) is 3.59. The van der Waals surface area contributed by atoms with Crippen molar-refractivity contribution in [2.75, 3.05) is 0 Å². The number of H-pyrrole nitrogens is 1. The van der Waals surface area contributed by atoms with E-state index >= 15 is 0 Å². The summed E-state index contributed by atoms with van der Waals surface area (Å²) < 4.78 is 1.78. The first kappa shape index (κ1) is 10.8. The average molecular weight is 196 g/mol. The number of ketones is 1. The Balaban J connectivity index is 2.93. The van der Waals surface area contributed by atoms with Gasteiger partial charge < -0.3 is 0 Å². The summed E-state index contributed by atoms with van der Waals surface area (Å²) in [7, 11) is 0. The zero-order chi connectivity index (χ0) is 10.7. The first-order valence-electron chi connectivity index (χ1n) is 4.84. The van der Waals surface area contributed by atoms with Crippen molar-refractivity contribution in [3.8, 4) is 0 Å². The van der Waals surface area contributed by atoms with Gasteiger partial charge in [-0.05, 0) is 20.3 Å². The largest absolute Gasteiger partial charge is 0.300 e. The lowest BCUT2D eigenvalue weighted by atomic mass is 10.2. The fraction of sp³-hybridized carbons (Fsp3) is 0.600. The van der Waals surface area contributed by atoms with Crippen molar-refractivity contribution in [3.05, 3.63) is 22.1 Å². The van der Waals surface area contributed by atoms with Crippen molar-refractivity contribution in [1.29, 1.82) is 0 Å². The van der Waals surface area contributed by atoms with Gasteiger partial charge in [-0.1, -0.05) is 6.92 Å². The molecule has 0 radical (unpaired) electrons. The fourth-order valence-electron chi connectivity index (χ4n) is 1.62. The van der Waals surface area contributed by atoms with Gasteiger partial charge >= 0.3 is 0 Å². The topological polar surface area (TPSA) is 54.9 Å². The number of nitrogens with one attached hydrogen (secondary N) is 1. The third kappa shape index (κ3) is 2.34. The Kier molecular flexibility index (Phi) is 3.28. The van der Waals surface area contributed by atoms with Crippen LogP contribution in [0.5, 0.6) is 0 Å². The molecule has 4 nitrogen and oxygen atoms in total. The predicted molar refractivity (Wildman–Crippen MR) is 54.4 cm³/mol. The van der Waals surface area contributed by atoms with Gasteiger partial charge in [0.2, 0.25) is 0 Å². The number of carbonyl (C=O) groups is 1. The molecule has 0 spiro atoms. The maximum absolute atomic E-state index is 11.1. The van der Waals surface area contributed by atoms with Crippen molar-refractivity contribution in [2.45, 2.75) is 39.7 Å². The van der Waals surface area contributed by atoms with Crippen LogP contribution in [-0.2, 0) is 11.2 Å². The lowest BCUT2D eigenvalue weighted by molar-refractivity contribution is -0.117. The van der Waals surface area contributed by atoms with E-state index in [0.717, 1.165) is 12.1 Å². The number of hydrogen-bond donors (Lipinski definition) is 1. The summed E-state index contributed by atoms with van der Waals surface area (Å²) in [6.45, 7) is 5.47. The van der Waals surface area contributed by atoms with Crippen LogP contribution in [0.25, 0.3) is 0 Å². The van der Waals surface area contributed by atoms with Crippen LogP contribution in [0.1, 0.15) is 38.9 Å². The van der Waals surface area contributed by atoms with Crippen LogP contribution in [-0.4, -0.2) is 15.6 Å². The molecular formula is C10H16N2O2. The molecule has 1 rings (SSSR count). The summed E-state index contributed by atoms with van der Waals surface area (Å²) in [6, 6.07) is 1.61. The second kappa shape index (κ2) is 4.26. The standard InChI is InChI=1S/C10H16N2O2/c1-4-9-6-10(14)11-12(9)7(2)5-8(3)13/h6-7H,4-5H2,1-3H3,(H,11,14)/t7-/m1/s1. The summed E-state index contributed by atoms with van der Waals surface area (Å²) >= 11 is 0. The molecule has 1 N–H and O–H groups in total. The molecule has 1 atom stereocenters. The molecule has 1 heterocycles. The quantitative estimate of drug-likeness (QED) is 0.788. The zero-order valence-electron chi connectivity index (χ0n) is 8.83. The fourth-order valence-corrected chi connectivity index (χ4v) is 1.62. The van der Waals surface area contributed by atoms with Gasteiger partial charge in [0.15, 0.2) is 0 Å². The Morgan fingerprint density at radius 1 is 1.64 bits per heavy atom. The molecule has 0 bridgehead atoms. The average Bonchev–Trinajstić information content (AvgIpc) is 2.45. The van der Waals surface area contributed by atoms with E-state index in [1.54, 1.807) is 17.7 Å². The van der Waals surface area contributed by atoms with Crippen molar-refractivity contribution in [1.82, 2.24) is 9.78 Å². The van der Waals surface area contributed by atoms with E-state index in [0.29, 0.717) is 6.42 Å². The first-order valence-corrected chi connectivity index (χ1v) is 4.84. The Morgan fingerprint density at radius 3 is 2.79 bits per heavy atom. The molecule has 4 heteroatoms. The summed E-state index contributed by atoms with van der Waals surface area (Å²) in [5.41, 5.74) is 0.848. The number of nitrogens with zero attached hydrogens (tertiary/aromatic N) is 1. The van der Waals surface area contributed by atoms with Gasteiger partial charge in [0.1, 0.15) is 5.78 Å². The first-order chi connectivity index (χ1) is 6.54. The molecule has 0 aliphatic carbocycles.